The summed E-state index contributed by atoms with van der Waals surface area (Å²) in [7, 11) is 0. The summed E-state index contributed by atoms with van der Waals surface area (Å²) in [6.07, 6.45) is 11.4. The van der Waals surface area contributed by atoms with Crippen LogP contribution in [0.3, 0.4) is 0 Å². The average molecular weight is 257 g/mol. The fraction of sp³-hybridized carbons (Fsp3) is 0.857. The number of ether oxygens (including phenoxy) is 1. The molecule has 0 saturated carbocycles. The van der Waals surface area contributed by atoms with Crippen molar-refractivity contribution in [3.63, 3.8) is 0 Å². The normalized spacial score (nSPS) is 10.3. The minimum atomic E-state index is -1.01. The van der Waals surface area contributed by atoms with Gasteiger partial charge in [-0.15, -0.1) is 0 Å². The predicted octanol–water partition coefficient (Wildman–Crippen LogP) is 3.92. The number of nitrogens with two attached hydrogens (primary N) is 1. The zero-order chi connectivity index (χ0) is 13.6. The lowest BCUT2D eigenvalue weighted by Gasteiger charge is -2.02. The van der Waals surface area contributed by atoms with Crippen LogP contribution >= 0.6 is 0 Å². The first-order valence-corrected chi connectivity index (χ1v) is 7.17. The fourth-order valence-corrected chi connectivity index (χ4v) is 1.92. The lowest BCUT2D eigenvalue weighted by molar-refractivity contribution is -0.137. The van der Waals surface area contributed by atoms with Crippen molar-refractivity contribution in [2.24, 2.45) is 5.73 Å². The summed E-state index contributed by atoms with van der Waals surface area (Å²) >= 11 is 0. The van der Waals surface area contributed by atoms with E-state index in [2.05, 4.69) is 11.7 Å². The smallest absolute Gasteiger partial charge is 0.376 e. The molecule has 0 atom stereocenters. The second-order valence-corrected chi connectivity index (χ2v) is 4.73. The number of hydrogen-bond donors (Lipinski definition) is 1. The highest BCUT2D eigenvalue weighted by atomic mass is 16.6. The van der Waals surface area contributed by atoms with Crippen LogP contribution in [0.5, 0.6) is 0 Å². The summed E-state index contributed by atoms with van der Waals surface area (Å²) in [5.41, 5.74) is 4.73. The van der Waals surface area contributed by atoms with Gasteiger partial charge in [0.15, 0.2) is 0 Å². The van der Waals surface area contributed by atoms with Crippen molar-refractivity contribution in [2.45, 2.75) is 77.6 Å². The summed E-state index contributed by atoms with van der Waals surface area (Å²) in [5, 5.41) is 0. The minimum absolute atomic E-state index is 0.291. The molecule has 0 rings (SSSR count). The maximum Gasteiger partial charge on any atom is 0.412 e. The van der Waals surface area contributed by atoms with E-state index in [9.17, 15) is 9.59 Å². The molecular weight excluding hydrogens is 230 g/mol. The summed E-state index contributed by atoms with van der Waals surface area (Å²) in [5.74, 6) is -0.512. The van der Waals surface area contributed by atoms with Gasteiger partial charge in [-0.2, -0.15) is 0 Å². The van der Waals surface area contributed by atoms with Crippen molar-refractivity contribution < 1.29 is 14.3 Å². The van der Waals surface area contributed by atoms with Crippen LogP contribution < -0.4 is 5.73 Å². The molecule has 0 aromatic heterocycles. The van der Waals surface area contributed by atoms with E-state index in [0.717, 1.165) is 19.3 Å². The van der Waals surface area contributed by atoms with Gasteiger partial charge in [0.1, 0.15) is 0 Å². The summed E-state index contributed by atoms with van der Waals surface area (Å²) < 4.78 is 4.23. The number of amides is 1. The lowest BCUT2D eigenvalue weighted by Crippen LogP contribution is -2.18. The molecule has 0 bridgehead atoms. The third-order valence-corrected chi connectivity index (χ3v) is 2.95. The number of hydrogen-bond acceptors (Lipinski definition) is 3. The highest BCUT2D eigenvalue weighted by molar-refractivity contribution is 5.83. The molecule has 0 unspecified atom stereocenters. The van der Waals surface area contributed by atoms with Gasteiger partial charge in [-0.3, -0.25) is 4.79 Å². The molecule has 18 heavy (non-hydrogen) atoms. The number of primary amides is 1. The van der Waals surface area contributed by atoms with Gasteiger partial charge in [0.05, 0.1) is 0 Å². The topological polar surface area (TPSA) is 69.4 Å². The van der Waals surface area contributed by atoms with Crippen LogP contribution in [0.4, 0.5) is 4.79 Å². The Balaban J connectivity index is 3.11. The van der Waals surface area contributed by atoms with Crippen molar-refractivity contribution >= 4 is 12.1 Å². The lowest BCUT2D eigenvalue weighted by atomic mass is 10.1. The van der Waals surface area contributed by atoms with Crippen LogP contribution in [-0.2, 0) is 9.53 Å². The Morgan fingerprint density at radius 2 is 1.28 bits per heavy atom. The standard InChI is InChI=1S/C14H27NO3/c1-2-3-4-5-6-7-8-9-10-11-12-13(16)18-14(15)17/h2-12H2,1H3,(H2,15,17). The van der Waals surface area contributed by atoms with E-state index in [1.165, 1.54) is 44.9 Å². The first-order valence-electron chi connectivity index (χ1n) is 7.17. The zero-order valence-electron chi connectivity index (χ0n) is 11.6. The van der Waals surface area contributed by atoms with E-state index in [1.807, 2.05) is 0 Å². The molecule has 0 radical (unpaired) electrons. The van der Waals surface area contributed by atoms with Gasteiger partial charge in [-0.05, 0) is 6.42 Å². The SMILES string of the molecule is CCCCCCCCCCCCC(=O)OC(N)=O. The Hall–Kier alpha value is -1.06. The molecule has 0 aliphatic carbocycles. The number of rotatable bonds is 11. The van der Waals surface area contributed by atoms with E-state index < -0.39 is 12.1 Å². The summed E-state index contributed by atoms with van der Waals surface area (Å²) in [6.45, 7) is 2.23. The maximum atomic E-state index is 11.0. The molecule has 0 spiro atoms. The molecule has 2 N–H and O–H groups in total. The van der Waals surface area contributed by atoms with Crippen LogP contribution in [-0.4, -0.2) is 12.1 Å². The molecule has 0 aliphatic rings. The maximum absolute atomic E-state index is 11.0. The number of esters is 1. The van der Waals surface area contributed by atoms with Gasteiger partial charge in [0.2, 0.25) is 0 Å². The van der Waals surface area contributed by atoms with E-state index >= 15 is 0 Å². The molecule has 0 saturated heterocycles. The van der Waals surface area contributed by atoms with Crippen LogP contribution in [0, 0.1) is 0 Å². The van der Waals surface area contributed by atoms with Crippen LogP contribution in [0.25, 0.3) is 0 Å². The number of carbonyl (C=O) groups is 2. The average Bonchev–Trinajstić information content (AvgIpc) is 2.30. The molecule has 0 fully saturated rings. The first kappa shape index (κ1) is 16.9. The molecule has 4 nitrogen and oxygen atoms in total. The van der Waals surface area contributed by atoms with Gasteiger partial charge in [0.25, 0.3) is 0 Å². The molecular formula is C14H27NO3. The van der Waals surface area contributed by atoms with Crippen LogP contribution in [0.2, 0.25) is 0 Å². The zero-order valence-corrected chi connectivity index (χ0v) is 11.6. The molecule has 0 aliphatic heterocycles. The Morgan fingerprint density at radius 3 is 1.72 bits per heavy atom. The Labute approximate surface area is 110 Å². The van der Waals surface area contributed by atoms with Crippen molar-refractivity contribution in [3.8, 4) is 0 Å². The molecule has 1 amide bonds. The number of carbonyl (C=O) groups excluding carboxylic acids is 2. The van der Waals surface area contributed by atoms with Crippen molar-refractivity contribution in [2.75, 3.05) is 0 Å². The minimum Gasteiger partial charge on any atom is -0.376 e. The number of unbranched alkanes of at least 4 members (excludes halogenated alkanes) is 9. The van der Waals surface area contributed by atoms with Crippen molar-refractivity contribution in [3.05, 3.63) is 0 Å². The third-order valence-electron chi connectivity index (χ3n) is 2.95. The Bertz CT molecular complexity index is 229. The predicted molar refractivity (Wildman–Crippen MR) is 72.1 cm³/mol. The molecule has 0 aromatic rings. The second kappa shape index (κ2) is 12.4. The molecule has 0 aromatic carbocycles. The second-order valence-electron chi connectivity index (χ2n) is 4.73. The van der Waals surface area contributed by atoms with Gasteiger partial charge < -0.3 is 10.5 Å². The first-order chi connectivity index (χ1) is 8.66. The molecule has 0 heterocycles. The summed E-state index contributed by atoms with van der Waals surface area (Å²) in [6, 6.07) is 0. The monoisotopic (exact) mass is 257 g/mol. The summed E-state index contributed by atoms with van der Waals surface area (Å²) in [4.78, 5) is 21.2. The highest BCUT2D eigenvalue weighted by Gasteiger charge is 2.05. The largest absolute Gasteiger partial charge is 0.412 e. The highest BCUT2D eigenvalue weighted by Crippen LogP contribution is 2.11. The fourth-order valence-electron chi connectivity index (χ4n) is 1.92. The van der Waals surface area contributed by atoms with E-state index in [-0.39, 0.29) is 0 Å². The van der Waals surface area contributed by atoms with Gasteiger partial charge in [-0.25, -0.2) is 4.79 Å². The van der Waals surface area contributed by atoms with Crippen LogP contribution in [0.1, 0.15) is 77.6 Å². The van der Waals surface area contributed by atoms with E-state index in [0.29, 0.717) is 6.42 Å². The van der Waals surface area contributed by atoms with Crippen molar-refractivity contribution in [1.82, 2.24) is 0 Å². The Kier molecular flexibility index (Phi) is 11.7. The van der Waals surface area contributed by atoms with Crippen LogP contribution in [0.15, 0.2) is 0 Å². The van der Waals surface area contributed by atoms with E-state index in [1.54, 1.807) is 0 Å². The molecule has 4 heteroatoms. The van der Waals surface area contributed by atoms with Gasteiger partial charge in [-0.1, -0.05) is 64.7 Å². The van der Waals surface area contributed by atoms with Gasteiger partial charge >= 0.3 is 12.1 Å². The van der Waals surface area contributed by atoms with E-state index in [4.69, 9.17) is 5.73 Å². The Morgan fingerprint density at radius 1 is 0.833 bits per heavy atom. The third kappa shape index (κ3) is 13.0. The van der Waals surface area contributed by atoms with Gasteiger partial charge in [0, 0.05) is 6.42 Å². The van der Waals surface area contributed by atoms with Crippen molar-refractivity contribution in [1.29, 1.82) is 0 Å². The quantitative estimate of drug-likeness (QED) is 0.346. The molecule has 106 valence electrons.